The van der Waals surface area contributed by atoms with Gasteiger partial charge in [0.2, 0.25) is 0 Å². The zero-order valence-electron chi connectivity index (χ0n) is 12.3. The van der Waals surface area contributed by atoms with Crippen LogP contribution in [0.4, 0.5) is 0 Å². The lowest BCUT2D eigenvalue weighted by Gasteiger charge is -1.99. The van der Waals surface area contributed by atoms with Crippen LogP contribution in [-0.2, 0) is 6.54 Å². The molecule has 0 spiro atoms. The van der Waals surface area contributed by atoms with E-state index in [1.807, 2.05) is 22.7 Å². The number of rotatable bonds is 4. The minimum absolute atomic E-state index is 0.251. The second-order valence-corrected chi connectivity index (χ2v) is 6.34. The van der Waals surface area contributed by atoms with Gasteiger partial charge in [0.05, 0.1) is 23.5 Å². The van der Waals surface area contributed by atoms with Crippen molar-refractivity contribution in [3.05, 3.63) is 64.7 Å². The lowest BCUT2D eigenvalue weighted by molar-refractivity contribution is 0.0946. The second kappa shape index (κ2) is 6.10. The SMILES string of the molecule is O=C(NCc1cn2cc(Cl)ccc2n1)c1csc(-c2ccco2)n1. The molecule has 0 atom stereocenters. The highest BCUT2D eigenvalue weighted by Gasteiger charge is 2.13. The number of carbonyl (C=O) groups is 1. The van der Waals surface area contributed by atoms with E-state index < -0.39 is 0 Å². The average Bonchev–Trinajstić information content (AvgIpc) is 3.30. The third kappa shape index (κ3) is 2.91. The first-order valence-corrected chi connectivity index (χ1v) is 8.35. The highest BCUT2D eigenvalue weighted by Crippen LogP contribution is 2.23. The first-order chi connectivity index (χ1) is 11.7. The van der Waals surface area contributed by atoms with Gasteiger partial charge in [-0.3, -0.25) is 4.79 Å². The maximum Gasteiger partial charge on any atom is 0.271 e. The summed E-state index contributed by atoms with van der Waals surface area (Å²) in [6.07, 6.45) is 5.17. The molecule has 120 valence electrons. The molecule has 4 aromatic heterocycles. The fraction of sp³-hybridized carbons (Fsp3) is 0.0625. The van der Waals surface area contributed by atoms with Crippen LogP contribution in [0, 0.1) is 0 Å². The van der Waals surface area contributed by atoms with Gasteiger partial charge < -0.3 is 14.1 Å². The number of imidazole rings is 1. The molecule has 0 unspecified atom stereocenters. The molecule has 4 rings (SSSR count). The molecule has 0 fully saturated rings. The van der Waals surface area contributed by atoms with Crippen LogP contribution in [0.3, 0.4) is 0 Å². The van der Waals surface area contributed by atoms with Gasteiger partial charge in [-0.1, -0.05) is 11.6 Å². The zero-order chi connectivity index (χ0) is 16.5. The minimum Gasteiger partial charge on any atom is -0.462 e. The number of hydrogen-bond donors (Lipinski definition) is 1. The smallest absolute Gasteiger partial charge is 0.271 e. The lowest BCUT2D eigenvalue weighted by atomic mass is 10.4. The first-order valence-electron chi connectivity index (χ1n) is 7.10. The van der Waals surface area contributed by atoms with Crippen molar-refractivity contribution in [2.24, 2.45) is 0 Å². The molecule has 1 amide bonds. The summed E-state index contributed by atoms with van der Waals surface area (Å²) in [7, 11) is 0. The van der Waals surface area contributed by atoms with Crippen molar-refractivity contribution in [2.45, 2.75) is 6.54 Å². The van der Waals surface area contributed by atoms with E-state index in [-0.39, 0.29) is 5.91 Å². The van der Waals surface area contributed by atoms with E-state index in [1.54, 1.807) is 30.0 Å². The Morgan fingerprint density at radius 1 is 1.29 bits per heavy atom. The van der Waals surface area contributed by atoms with Crippen LogP contribution in [0.5, 0.6) is 0 Å². The summed E-state index contributed by atoms with van der Waals surface area (Å²) >= 11 is 7.31. The summed E-state index contributed by atoms with van der Waals surface area (Å²) in [5.41, 5.74) is 1.88. The third-order valence-electron chi connectivity index (χ3n) is 3.36. The number of carbonyl (C=O) groups excluding carboxylic acids is 1. The number of fused-ring (bicyclic) bond motifs is 1. The molecular formula is C16H11ClN4O2S. The Hall–Kier alpha value is -2.64. The molecule has 0 aliphatic rings. The van der Waals surface area contributed by atoms with Crippen molar-refractivity contribution in [2.75, 3.05) is 0 Å². The molecular weight excluding hydrogens is 348 g/mol. The summed E-state index contributed by atoms with van der Waals surface area (Å²) in [5.74, 6) is 0.399. The average molecular weight is 359 g/mol. The number of thiazole rings is 1. The van der Waals surface area contributed by atoms with Crippen LogP contribution in [0.25, 0.3) is 16.4 Å². The van der Waals surface area contributed by atoms with Gasteiger partial charge in [-0.05, 0) is 24.3 Å². The summed E-state index contributed by atoms with van der Waals surface area (Å²) < 4.78 is 7.10. The van der Waals surface area contributed by atoms with Gasteiger partial charge in [-0.15, -0.1) is 11.3 Å². The van der Waals surface area contributed by atoms with Gasteiger partial charge in [0.1, 0.15) is 11.3 Å². The molecule has 8 heteroatoms. The Labute approximate surface area is 145 Å². The number of nitrogens with one attached hydrogen (secondary N) is 1. The van der Waals surface area contributed by atoms with E-state index in [4.69, 9.17) is 16.0 Å². The lowest BCUT2D eigenvalue weighted by Crippen LogP contribution is -2.23. The van der Waals surface area contributed by atoms with Crippen molar-refractivity contribution >= 4 is 34.5 Å². The molecule has 4 aromatic rings. The predicted molar refractivity (Wildman–Crippen MR) is 91.2 cm³/mol. The summed E-state index contributed by atoms with van der Waals surface area (Å²) in [6.45, 7) is 0.311. The van der Waals surface area contributed by atoms with Crippen molar-refractivity contribution in [3.63, 3.8) is 0 Å². The summed E-state index contributed by atoms with van der Waals surface area (Å²) in [6, 6.07) is 7.19. The van der Waals surface area contributed by atoms with Crippen LogP contribution in [0.1, 0.15) is 16.2 Å². The van der Waals surface area contributed by atoms with E-state index in [0.29, 0.717) is 28.0 Å². The first kappa shape index (κ1) is 14.9. The van der Waals surface area contributed by atoms with Gasteiger partial charge in [-0.2, -0.15) is 0 Å². The number of nitrogens with zero attached hydrogens (tertiary/aromatic N) is 3. The number of pyridine rings is 1. The van der Waals surface area contributed by atoms with Crippen LogP contribution >= 0.6 is 22.9 Å². The monoisotopic (exact) mass is 358 g/mol. The molecule has 0 bridgehead atoms. The van der Waals surface area contributed by atoms with E-state index >= 15 is 0 Å². The van der Waals surface area contributed by atoms with Gasteiger partial charge in [0, 0.05) is 17.8 Å². The van der Waals surface area contributed by atoms with Crippen LogP contribution in [0.2, 0.25) is 5.02 Å². The van der Waals surface area contributed by atoms with Crippen molar-refractivity contribution in [3.8, 4) is 10.8 Å². The highest BCUT2D eigenvalue weighted by molar-refractivity contribution is 7.13. The topological polar surface area (TPSA) is 72.4 Å². The standard InChI is InChI=1S/C16H11ClN4O2S/c17-10-3-4-14-19-11(8-21(14)7-10)6-18-15(22)12-9-24-16(20-12)13-2-1-5-23-13/h1-5,7-9H,6H2,(H,18,22). The fourth-order valence-electron chi connectivity index (χ4n) is 2.26. The Balaban J connectivity index is 1.46. The van der Waals surface area contributed by atoms with E-state index in [1.165, 1.54) is 11.3 Å². The molecule has 0 aliphatic heterocycles. The highest BCUT2D eigenvalue weighted by atomic mass is 35.5. The molecule has 0 saturated carbocycles. The number of furan rings is 1. The predicted octanol–water partition coefficient (Wildman–Crippen LogP) is 3.63. The maximum absolute atomic E-state index is 12.2. The van der Waals surface area contributed by atoms with Crippen molar-refractivity contribution in [1.29, 1.82) is 0 Å². The van der Waals surface area contributed by atoms with Gasteiger partial charge >= 0.3 is 0 Å². The molecule has 4 heterocycles. The third-order valence-corrected chi connectivity index (χ3v) is 4.44. The number of halogens is 1. The molecule has 0 radical (unpaired) electrons. The summed E-state index contributed by atoms with van der Waals surface area (Å²) in [5, 5.41) is 5.82. The fourth-order valence-corrected chi connectivity index (χ4v) is 3.19. The zero-order valence-corrected chi connectivity index (χ0v) is 13.8. The number of aromatic nitrogens is 3. The van der Waals surface area contributed by atoms with Crippen LogP contribution in [0.15, 0.2) is 52.7 Å². The minimum atomic E-state index is -0.251. The molecule has 24 heavy (non-hydrogen) atoms. The van der Waals surface area contributed by atoms with Crippen LogP contribution in [-0.4, -0.2) is 20.3 Å². The van der Waals surface area contributed by atoms with Crippen molar-refractivity contribution < 1.29 is 9.21 Å². The van der Waals surface area contributed by atoms with Crippen LogP contribution < -0.4 is 5.32 Å². The van der Waals surface area contributed by atoms with Gasteiger partial charge in [0.15, 0.2) is 10.8 Å². The normalized spacial score (nSPS) is 11.0. The van der Waals surface area contributed by atoms with E-state index in [0.717, 1.165) is 11.3 Å². The van der Waals surface area contributed by atoms with Gasteiger partial charge in [0.25, 0.3) is 5.91 Å². The Morgan fingerprint density at radius 2 is 2.21 bits per heavy atom. The largest absolute Gasteiger partial charge is 0.462 e. The Kier molecular flexibility index (Phi) is 3.79. The quantitative estimate of drug-likeness (QED) is 0.604. The summed E-state index contributed by atoms with van der Waals surface area (Å²) in [4.78, 5) is 20.9. The molecule has 0 saturated heterocycles. The van der Waals surface area contributed by atoms with E-state index in [9.17, 15) is 4.79 Å². The molecule has 6 nitrogen and oxygen atoms in total. The Morgan fingerprint density at radius 3 is 3.04 bits per heavy atom. The number of hydrogen-bond acceptors (Lipinski definition) is 5. The maximum atomic E-state index is 12.2. The molecule has 0 aromatic carbocycles. The molecule has 0 aliphatic carbocycles. The Bertz CT molecular complexity index is 1010. The van der Waals surface area contributed by atoms with E-state index in [2.05, 4.69) is 15.3 Å². The van der Waals surface area contributed by atoms with Crippen molar-refractivity contribution in [1.82, 2.24) is 19.7 Å². The molecule has 1 N–H and O–H groups in total. The van der Waals surface area contributed by atoms with Gasteiger partial charge in [-0.25, -0.2) is 9.97 Å². The number of amides is 1. The second-order valence-electron chi connectivity index (χ2n) is 5.04.